The van der Waals surface area contributed by atoms with Crippen molar-refractivity contribution in [3.8, 4) is 0 Å². The third-order valence-corrected chi connectivity index (χ3v) is 6.91. The third-order valence-electron chi connectivity index (χ3n) is 4.98. The summed E-state index contributed by atoms with van der Waals surface area (Å²) in [6.07, 6.45) is 1.59. The van der Waals surface area contributed by atoms with Crippen molar-refractivity contribution in [3.05, 3.63) is 76.3 Å². The van der Waals surface area contributed by atoms with Gasteiger partial charge in [-0.15, -0.1) is 0 Å². The number of morpholine rings is 1. The first kappa shape index (κ1) is 20.9. The van der Waals surface area contributed by atoms with Crippen LogP contribution < -0.4 is 5.43 Å². The molecule has 4 rings (SSSR count). The SMILES string of the molecule is O=[N+]([O-])c1ccc(NN=Cc2cccc3ccccc23)c(S(=O)(=O)N2CCOCC2)c1. The Morgan fingerprint density at radius 1 is 1.06 bits per heavy atom. The Bertz CT molecular complexity index is 1250. The summed E-state index contributed by atoms with van der Waals surface area (Å²) < 4.78 is 32.8. The van der Waals surface area contributed by atoms with Gasteiger partial charge in [0.2, 0.25) is 10.0 Å². The summed E-state index contributed by atoms with van der Waals surface area (Å²) in [4.78, 5) is 10.4. The summed E-state index contributed by atoms with van der Waals surface area (Å²) in [7, 11) is -3.97. The van der Waals surface area contributed by atoms with Gasteiger partial charge in [-0.1, -0.05) is 42.5 Å². The number of fused-ring (bicyclic) bond motifs is 1. The molecule has 1 saturated heterocycles. The maximum absolute atomic E-state index is 13.1. The van der Waals surface area contributed by atoms with Crippen molar-refractivity contribution in [3.63, 3.8) is 0 Å². The van der Waals surface area contributed by atoms with Crippen molar-refractivity contribution in [1.29, 1.82) is 0 Å². The molecule has 9 nitrogen and oxygen atoms in total. The van der Waals surface area contributed by atoms with Gasteiger partial charge in [-0.25, -0.2) is 8.42 Å². The smallest absolute Gasteiger partial charge is 0.270 e. The highest BCUT2D eigenvalue weighted by atomic mass is 32.2. The van der Waals surface area contributed by atoms with Crippen LogP contribution in [0.2, 0.25) is 0 Å². The number of rotatable bonds is 6. The zero-order valence-corrected chi connectivity index (χ0v) is 17.3. The summed E-state index contributed by atoms with van der Waals surface area (Å²) in [5, 5.41) is 17.5. The van der Waals surface area contributed by atoms with Crippen molar-refractivity contribution in [2.24, 2.45) is 5.10 Å². The summed E-state index contributed by atoms with van der Waals surface area (Å²) in [5.41, 5.74) is 3.45. The van der Waals surface area contributed by atoms with Crippen LogP contribution in [0.4, 0.5) is 11.4 Å². The number of nitrogens with zero attached hydrogens (tertiary/aromatic N) is 3. The third kappa shape index (κ3) is 4.41. The van der Waals surface area contributed by atoms with Crippen LogP contribution in [0.3, 0.4) is 0 Å². The number of nitro benzene ring substituents is 1. The first-order chi connectivity index (χ1) is 15.0. The molecule has 1 N–H and O–H groups in total. The van der Waals surface area contributed by atoms with Gasteiger partial charge in [-0.3, -0.25) is 15.5 Å². The second kappa shape index (κ2) is 8.80. The Labute approximate surface area is 179 Å². The average molecular weight is 440 g/mol. The summed E-state index contributed by atoms with van der Waals surface area (Å²) in [5.74, 6) is 0. The molecule has 0 aromatic heterocycles. The van der Waals surface area contributed by atoms with E-state index in [1.807, 2.05) is 42.5 Å². The molecule has 1 fully saturated rings. The Kier molecular flexibility index (Phi) is 5.94. The molecule has 31 heavy (non-hydrogen) atoms. The molecular weight excluding hydrogens is 420 g/mol. The Morgan fingerprint density at radius 2 is 1.81 bits per heavy atom. The van der Waals surface area contributed by atoms with Crippen LogP contribution in [0, 0.1) is 10.1 Å². The number of nitrogens with one attached hydrogen (secondary N) is 1. The molecule has 0 atom stereocenters. The van der Waals surface area contributed by atoms with Crippen LogP contribution in [0.5, 0.6) is 0 Å². The normalized spacial score (nSPS) is 15.4. The van der Waals surface area contributed by atoms with Crippen molar-refractivity contribution >= 4 is 38.4 Å². The Balaban J connectivity index is 1.67. The predicted molar refractivity (Wildman–Crippen MR) is 118 cm³/mol. The molecule has 3 aromatic carbocycles. The molecule has 0 radical (unpaired) electrons. The first-order valence-electron chi connectivity index (χ1n) is 9.60. The molecule has 1 aliphatic rings. The number of sulfonamides is 1. The summed E-state index contributed by atoms with van der Waals surface area (Å²) in [6.45, 7) is 0.916. The van der Waals surface area contributed by atoms with E-state index >= 15 is 0 Å². The zero-order chi connectivity index (χ0) is 21.8. The van der Waals surface area contributed by atoms with Crippen LogP contribution in [-0.2, 0) is 14.8 Å². The van der Waals surface area contributed by atoms with Gasteiger partial charge in [0, 0.05) is 30.8 Å². The number of non-ortho nitro benzene ring substituents is 1. The van der Waals surface area contributed by atoms with Crippen LogP contribution in [-0.4, -0.2) is 50.2 Å². The molecule has 0 amide bonds. The number of hydrogen-bond donors (Lipinski definition) is 1. The second-order valence-electron chi connectivity index (χ2n) is 6.89. The minimum atomic E-state index is -3.97. The minimum Gasteiger partial charge on any atom is -0.379 e. The largest absolute Gasteiger partial charge is 0.379 e. The lowest BCUT2D eigenvalue weighted by Crippen LogP contribution is -2.40. The molecular formula is C21H20N4O5S. The van der Waals surface area contributed by atoms with Crippen molar-refractivity contribution in [1.82, 2.24) is 4.31 Å². The predicted octanol–water partition coefficient (Wildman–Crippen LogP) is 3.21. The lowest BCUT2D eigenvalue weighted by atomic mass is 10.1. The van der Waals surface area contributed by atoms with E-state index in [-0.39, 0.29) is 42.6 Å². The van der Waals surface area contributed by atoms with Gasteiger partial charge in [0.25, 0.3) is 5.69 Å². The van der Waals surface area contributed by atoms with Gasteiger partial charge in [0.05, 0.1) is 30.0 Å². The average Bonchev–Trinajstić information content (AvgIpc) is 2.80. The van der Waals surface area contributed by atoms with E-state index in [0.717, 1.165) is 22.4 Å². The molecule has 1 heterocycles. The fourth-order valence-electron chi connectivity index (χ4n) is 3.39. The summed E-state index contributed by atoms with van der Waals surface area (Å²) in [6, 6.07) is 17.3. The van der Waals surface area contributed by atoms with Gasteiger partial charge in [0.15, 0.2) is 0 Å². The highest BCUT2D eigenvalue weighted by molar-refractivity contribution is 7.89. The van der Waals surface area contributed by atoms with Crippen LogP contribution >= 0.6 is 0 Å². The topological polar surface area (TPSA) is 114 Å². The minimum absolute atomic E-state index is 0.161. The number of nitro groups is 1. The van der Waals surface area contributed by atoms with Crippen LogP contribution in [0.25, 0.3) is 10.8 Å². The number of benzene rings is 3. The Hall–Kier alpha value is -3.34. The number of anilines is 1. The molecule has 0 saturated carbocycles. The van der Waals surface area contributed by atoms with E-state index in [0.29, 0.717) is 0 Å². The molecule has 160 valence electrons. The number of ether oxygens (including phenoxy) is 1. The molecule has 1 aliphatic heterocycles. The van der Waals surface area contributed by atoms with E-state index in [9.17, 15) is 18.5 Å². The number of hydrazone groups is 1. The highest BCUT2D eigenvalue weighted by Crippen LogP contribution is 2.29. The zero-order valence-electron chi connectivity index (χ0n) is 16.5. The standard InChI is InChI=1S/C21H20N4O5S/c26-25(27)18-8-9-20(21(14-18)31(28,29)24-10-12-30-13-11-24)23-22-15-17-6-3-5-16-4-1-2-7-19(16)17/h1-9,14-15,23H,10-13H2. The van der Waals surface area contributed by atoms with E-state index in [2.05, 4.69) is 10.5 Å². The lowest BCUT2D eigenvalue weighted by molar-refractivity contribution is -0.385. The molecule has 0 spiro atoms. The highest BCUT2D eigenvalue weighted by Gasteiger charge is 2.30. The fraction of sp³-hybridized carbons (Fsp3) is 0.190. The lowest BCUT2D eigenvalue weighted by Gasteiger charge is -2.26. The monoisotopic (exact) mass is 440 g/mol. The molecule has 0 bridgehead atoms. The van der Waals surface area contributed by atoms with Gasteiger partial charge >= 0.3 is 0 Å². The van der Waals surface area contributed by atoms with Gasteiger partial charge < -0.3 is 4.74 Å². The van der Waals surface area contributed by atoms with Crippen LogP contribution in [0.15, 0.2) is 70.7 Å². The maximum Gasteiger partial charge on any atom is 0.270 e. The van der Waals surface area contributed by atoms with Gasteiger partial charge in [-0.05, 0) is 16.8 Å². The second-order valence-corrected chi connectivity index (χ2v) is 8.80. The van der Waals surface area contributed by atoms with Crippen molar-refractivity contribution in [2.75, 3.05) is 31.7 Å². The first-order valence-corrected chi connectivity index (χ1v) is 11.0. The van der Waals surface area contributed by atoms with Crippen molar-refractivity contribution < 1.29 is 18.1 Å². The maximum atomic E-state index is 13.1. The summed E-state index contributed by atoms with van der Waals surface area (Å²) >= 11 is 0. The van der Waals surface area contributed by atoms with E-state index < -0.39 is 14.9 Å². The fourth-order valence-corrected chi connectivity index (χ4v) is 4.96. The molecule has 0 unspecified atom stereocenters. The number of hydrogen-bond acceptors (Lipinski definition) is 7. The van der Waals surface area contributed by atoms with Gasteiger partial charge in [0.1, 0.15) is 4.90 Å². The quantitative estimate of drug-likeness (QED) is 0.358. The van der Waals surface area contributed by atoms with E-state index in [1.54, 1.807) is 6.21 Å². The van der Waals surface area contributed by atoms with Crippen molar-refractivity contribution in [2.45, 2.75) is 4.90 Å². The Morgan fingerprint density at radius 3 is 2.58 bits per heavy atom. The van der Waals surface area contributed by atoms with E-state index in [4.69, 9.17) is 4.74 Å². The van der Waals surface area contributed by atoms with Gasteiger partial charge in [-0.2, -0.15) is 9.41 Å². The van der Waals surface area contributed by atoms with E-state index in [1.165, 1.54) is 16.4 Å². The molecule has 10 heteroatoms. The van der Waals surface area contributed by atoms with Crippen LogP contribution in [0.1, 0.15) is 5.56 Å². The molecule has 3 aromatic rings. The molecule has 0 aliphatic carbocycles.